The SMILES string of the molecule is O=[SH](=O)C(C1CCC(c2cnnc3cnc4[nH]ccc4c23)CC1)N1CCCC(COc2ccc(F)cc2)C1. The minimum atomic E-state index is -2.59. The van der Waals surface area contributed by atoms with Crippen molar-refractivity contribution in [2.24, 2.45) is 11.8 Å². The van der Waals surface area contributed by atoms with Crippen molar-refractivity contribution in [1.82, 2.24) is 25.1 Å². The molecule has 2 atom stereocenters. The molecule has 0 radical (unpaired) electrons. The summed E-state index contributed by atoms with van der Waals surface area (Å²) in [4.78, 5) is 9.79. The molecule has 0 spiro atoms. The van der Waals surface area contributed by atoms with E-state index in [-0.39, 0.29) is 17.7 Å². The minimum absolute atomic E-state index is 0.110. The summed E-state index contributed by atoms with van der Waals surface area (Å²) < 4.78 is 44.2. The summed E-state index contributed by atoms with van der Waals surface area (Å²) in [5.74, 6) is 1.02. The van der Waals surface area contributed by atoms with Crippen LogP contribution >= 0.6 is 0 Å². The first-order valence-corrected chi connectivity index (χ1v) is 14.6. The number of nitrogens with one attached hydrogen (secondary N) is 1. The highest BCUT2D eigenvalue weighted by atomic mass is 32.2. The van der Waals surface area contributed by atoms with Gasteiger partial charge in [-0.2, -0.15) is 5.10 Å². The minimum Gasteiger partial charge on any atom is -0.493 e. The number of likely N-dealkylation sites (tertiary alicyclic amines) is 1. The van der Waals surface area contributed by atoms with E-state index in [0.29, 0.717) is 24.8 Å². The number of pyridine rings is 1. The van der Waals surface area contributed by atoms with E-state index in [9.17, 15) is 12.8 Å². The molecule has 4 heterocycles. The van der Waals surface area contributed by atoms with Gasteiger partial charge in [-0.1, -0.05) is 0 Å². The average Bonchev–Trinajstić information content (AvgIpc) is 3.42. The molecule has 2 unspecified atom stereocenters. The second kappa shape index (κ2) is 10.9. The summed E-state index contributed by atoms with van der Waals surface area (Å²) in [5.41, 5.74) is 2.81. The van der Waals surface area contributed by atoms with Gasteiger partial charge in [0.1, 0.15) is 28.1 Å². The van der Waals surface area contributed by atoms with Crippen LogP contribution in [0.1, 0.15) is 50.0 Å². The molecule has 1 aromatic carbocycles. The van der Waals surface area contributed by atoms with E-state index in [0.717, 1.165) is 67.0 Å². The molecular weight excluding hydrogens is 505 g/mol. The molecule has 8 nitrogen and oxygen atoms in total. The smallest absolute Gasteiger partial charge is 0.156 e. The molecule has 1 N–H and O–H groups in total. The van der Waals surface area contributed by atoms with Crippen molar-refractivity contribution in [3.63, 3.8) is 0 Å². The van der Waals surface area contributed by atoms with Crippen LogP contribution in [0.5, 0.6) is 5.75 Å². The number of benzene rings is 1. The monoisotopic (exact) mass is 537 g/mol. The van der Waals surface area contributed by atoms with Crippen LogP contribution in [0.3, 0.4) is 0 Å². The largest absolute Gasteiger partial charge is 0.493 e. The Labute approximate surface area is 222 Å². The fourth-order valence-corrected chi connectivity index (χ4v) is 7.57. The summed E-state index contributed by atoms with van der Waals surface area (Å²) in [6.07, 6.45) is 11.0. The number of hydrogen-bond acceptors (Lipinski definition) is 7. The molecule has 10 heteroatoms. The lowest BCUT2D eigenvalue weighted by Crippen LogP contribution is -2.48. The van der Waals surface area contributed by atoms with E-state index in [1.54, 1.807) is 18.3 Å². The van der Waals surface area contributed by atoms with Gasteiger partial charge in [-0.05, 0) is 92.8 Å². The average molecular weight is 538 g/mol. The van der Waals surface area contributed by atoms with E-state index in [1.165, 1.54) is 17.7 Å². The van der Waals surface area contributed by atoms with Crippen LogP contribution < -0.4 is 4.74 Å². The van der Waals surface area contributed by atoms with Crippen LogP contribution in [0.2, 0.25) is 0 Å². The zero-order valence-corrected chi connectivity index (χ0v) is 22.0. The third kappa shape index (κ3) is 5.11. The number of rotatable bonds is 7. The zero-order chi connectivity index (χ0) is 26.1. The number of H-pyrrole nitrogens is 1. The van der Waals surface area contributed by atoms with Crippen molar-refractivity contribution in [2.75, 3.05) is 19.7 Å². The van der Waals surface area contributed by atoms with Crippen LogP contribution in [0.15, 0.2) is 48.9 Å². The predicted molar refractivity (Wildman–Crippen MR) is 144 cm³/mol. The Balaban J connectivity index is 1.13. The molecule has 1 saturated carbocycles. The van der Waals surface area contributed by atoms with Crippen molar-refractivity contribution in [1.29, 1.82) is 0 Å². The fourth-order valence-electron chi connectivity index (χ4n) is 6.45. The molecule has 6 rings (SSSR count). The summed E-state index contributed by atoms with van der Waals surface area (Å²) in [5, 5.41) is 10.3. The number of nitrogens with zero attached hydrogens (tertiary/aromatic N) is 4. The molecule has 0 amide bonds. The van der Waals surface area contributed by atoms with Gasteiger partial charge in [-0.3, -0.25) is 4.90 Å². The third-order valence-corrected chi connectivity index (χ3v) is 9.47. The Hall–Kier alpha value is -3.11. The normalized spacial score (nSPS) is 23.7. The summed E-state index contributed by atoms with van der Waals surface area (Å²) in [6, 6.07) is 8.07. The number of aromatic nitrogens is 4. The van der Waals surface area contributed by atoms with E-state index < -0.39 is 16.1 Å². The highest BCUT2D eigenvalue weighted by molar-refractivity contribution is 7.73. The van der Waals surface area contributed by atoms with E-state index in [4.69, 9.17) is 4.74 Å². The van der Waals surface area contributed by atoms with Crippen LogP contribution in [0.25, 0.3) is 21.9 Å². The van der Waals surface area contributed by atoms with Crippen LogP contribution in [0.4, 0.5) is 4.39 Å². The first-order valence-electron chi connectivity index (χ1n) is 13.4. The molecule has 3 aromatic heterocycles. The highest BCUT2D eigenvalue weighted by Crippen LogP contribution is 2.41. The Bertz CT molecular complexity index is 1480. The summed E-state index contributed by atoms with van der Waals surface area (Å²) in [7, 11) is -2.59. The first-order chi connectivity index (χ1) is 18.6. The van der Waals surface area contributed by atoms with Crippen molar-refractivity contribution < 1.29 is 17.5 Å². The van der Waals surface area contributed by atoms with Gasteiger partial charge in [0.15, 0.2) is 10.7 Å². The van der Waals surface area contributed by atoms with Gasteiger partial charge < -0.3 is 9.72 Å². The molecule has 200 valence electrons. The van der Waals surface area contributed by atoms with Gasteiger partial charge in [0.25, 0.3) is 0 Å². The number of fused-ring (bicyclic) bond motifs is 3. The van der Waals surface area contributed by atoms with Gasteiger partial charge in [0.05, 0.1) is 19.0 Å². The highest BCUT2D eigenvalue weighted by Gasteiger charge is 2.36. The summed E-state index contributed by atoms with van der Waals surface area (Å²) in [6.45, 7) is 1.99. The molecule has 0 bridgehead atoms. The molecule has 2 aliphatic rings. The zero-order valence-electron chi connectivity index (χ0n) is 21.1. The molecule has 1 aliphatic carbocycles. The molecule has 4 aromatic rings. The first kappa shape index (κ1) is 25.2. The maximum atomic E-state index is 13.2. The van der Waals surface area contributed by atoms with Crippen LogP contribution in [-0.4, -0.2) is 58.6 Å². The molecule has 38 heavy (non-hydrogen) atoms. The summed E-state index contributed by atoms with van der Waals surface area (Å²) >= 11 is 0. The van der Waals surface area contributed by atoms with Crippen molar-refractivity contribution in [3.8, 4) is 5.75 Å². The van der Waals surface area contributed by atoms with Gasteiger partial charge in [0.2, 0.25) is 0 Å². The van der Waals surface area contributed by atoms with E-state index >= 15 is 0 Å². The number of hydrogen-bond donors (Lipinski definition) is 2. The van der Waals surface area contributed by atoms with Gasteiger partial charge in [-0.25, -0.2) is 17.8 Å². The van der Waals surface area contributed by atoms with Crippen molar-refractivity contribution in [3.05, 3.63) is 60.3 Å². The maximum Gasteiger partial charge on any atom is 0.156 e. The molecular formula is C28H32FN5O3S. The van der Waals surface area contributed by atoms with Gasteiger partial charge >= 0.3 is 0 Å². The fraction of sp³-hybridized carbons (Fsp3) is 0.464. The lowest BCUT2D eigenvalue weighted by molar-refractivity contribution is 0.0899. The van der Waals surface area contributed by atoms with Crippen LogP contribution in [0, 0.1) is 17.7 Å². The third-order valence-electron chi connectivity index (χ3n) is 8.29. The lowest BCUT2D eigenvalue weighted by atomic mass is 9.77. The quantitative estimate of drug-likeness (QED) is 0.331. The van der Waals surface area contributed by atoms with Gasteiger partial charge in [0, 0.05) is 29.4 Å². The Morgan fingerprint density at radius 1 is 1.08 bits per heavy atom. The predicted octanol–water partition coefficient (Wildman–Crippen LogP) is 4.65. The molecule has 1 saturated heterocycles. The topological polar surface area (TPSA) is 101 Å². The number of aromatic amines is 1. The molecule has 2 fully saturated rings. The Kier molecular flexibility index (Phi) is 7.25. The second-order valence-corrected chi connectivity index (χ2v) is 11.7. The van der Waals surface area contributed by atoms with Crippen LogP contribution in [-0.2, 0) is 10.7 Å². The number of halogens is 1. The Morgan fingerprint density at radius 3 is 2.68 bits per heavy atom. The van der Waals surface area contributed by atoms with Crippen molar-refractivity contribution >= 4 is 32.6 Å². The van der Waals surface area contributed by atoms with E-state index in [1.807, 2.05) is 18.5 Å². The second-order valence-electron chi connectivity index (χ2n) is 10.6. The van der Waals surface area contributed by atoms with Gasteiger partial charge in [-0.15, -0.1) is 5.10 Å². The maximum absolute atomic E-state index is 13.2. The molecule has 1 aliphatic heterocycles. The lowest BCUT2D eigenvalue weighted by Gasteiger charge is -2.41. The standard InChI is InChI=1S/C28H32FN5O3S/c29-21-7-9-22(10-8-21)37-17-18-2-1-13-34(16-18)28(38(35)36)20-5-3-19(4-6-20)24-14-32-33-25-15-31-27-23(26(24)25)11-12-30-27/h7-12,14-15,18-20,28,38H,1-6,13,16-17H2,(H,30,31). The van der Waals surface area contributed by atoms with Crippen molar-refractivity contribution in [2.45, 2.75) is 49.8 Å². The Morgan fingerprint density at radius 2 is 1.89 bits per heavy atom. The number of ether oxygens (including phenoxy) is 1. The number of thiol groups is 1. The van der Waals surface area contributed by atoms with E-state index in [2.05, 4.69) is 25.1 Å². The number of piperidine rings is 1.